The summed E-state index contributed by atoms with van der Waals surface area (Å²) < 4.78 is 0. The van der Waals surface area contributed by atoms with Crippen molar-refractivity contribution in [3.8, 4) is 0 Å². The molecular weight excluding hydrogens is 452 g/mol. The summed E-state index contributed by atoms with van der Waals surface area (Å²) in [7, 11) is 0. The van der Waals surface area contributed by atoms with Crippen LogP contribution in [0.15, 0.2) is 24.3 Å². The van der Waals surface area contributed by atoms with Gasteiger partial charge in [0.2, 0.25) is 15.9 Å². The number of aryl methyl sites for hydroxylation is 1. The molecule has 0 radical (unpaired) electrons. The molecular formula is C24H32N6O3S. The summed E-state index contributed by atoms with van der Waals surface area (Å²) in [5.74, 6) is -0.434. The van der Waals surface area contributed by atoms with Crippen molar-refractivity contribution in [3.05, 3.63) is 39.8 Å². The molecule has 0 saturated carbocycles. The Morgan fingerprint density at radius 1 is 0.941 bits per heavy atom. The fraction of sp³-hybridized carbons (Fsp3) is 0.542. The molecule has 9 nitrogen and oxygen atoms in total. The molecule has 2 aromatic rings. The van der Waals surface area contributed by atoms with Crippen LogP contribution in [0.1, 0.15) is 51.4 Å². The van der Waals surface area contributed by atoms with E-state index in [1.54, 1.807) is 4.90 Å². The van der Waals surface area contributed by atoms with Gasteiger partial charge in [-0.25, -0.2) is 0 Å². The number of likely N-dealkylation sites (tertiary alicyclic amines) is 1. The van der Waals surface area contributed by atoms with Crippen LogP contribution >= 0.6 is 11.3 Å². The van der Waals surface area contributed by atoms with Gasteiger partial charge < -0.3 is 15.1 Å². The number of anilines is 1. The van der Waals surface area contributed by atoms with Gasteiger partial charge in [-0.3, -0.25) is 19.3 Å². The monoisotopic (exact) mass is 484 g/mol. The highest BCUT2D eigenvalue weighted by atomic mass is 32.1. The van der Waals surface area contributed by atoms with Crippen LogP contribution < -0.4 is 5.32 Å². The summed E-state index contributed by atoms with van der Waals surface area (Å²) >= 11 is 0.994. The summed E-state index contributed by atoms with van der Waals surface area (Å²) in [6, 6.07) is 7.45. The van der Waals surface area contributed by atoms with E-state index in [0.29, 0.717) is 31.6 Å². The molecule has 3 heterocycles. The zero-order valence-corrected chi connectivity index (χ0v) is 20.6. The van der Waals surface area contributed by atoms with Crippen LogP contribution in [0.2, 0.25) is 0 Å². The van der Waals surface area contributed by atoms with Crippen molar-refractivity contribution >= 4 is 34.7 Å². The van der Waals surface area contributed by atoms with Crippen LogP contribution in [-0.2, 0) is 4.79 Å². The molecule has 1 aromatic carbocycles. The molecule has 2 fully saturated rings. The van der Waals surface area contributed by atoms with Crippen molar-refractivity contribution < 1.29 is 14.4 Å². The number of carbonyl (C=O) groups excluding carboxylic acids is 3. The smallest absolute Gasteiger partial charge is 0.286 e. The minimum absolute atomic E-state index is 0.0351. The standard InChI is InChI=1S/C24H32N6O3S/c1-3-10-28-13-15-30(16-14-28)23(32)18-8-11-29(12-9-18)24(33)22-27-26-21(34-22)20(31)25-19-6-4-17(2)5-7-19/h4-7,18H,3,8-16H2,1-2H3,(H,25,31). The third-order valence-corrected chi connectivity index (χ3v) is 7.38. The first-order chi connectivity index (χ1) is 16.4. The van der Waals surface area contributed by atoms with Crippen molar-refractivity contribution in [2.24, 2.45) is 5.92 Å². The summed E-state index contributed by atoms with van der Waals surface area (Å²) in [6.07, 6.45) is 2.44. The Kier molecular flexibility index (Phi) is 7.89. The molecule has 2 saturated heterocycles. The lowest BCUT2D eigenvalue weighted by atomic mass is 9.95. The van der Waals surface area contributed by atoms with E-state index >= 15 is 0 Å². The maximum absolute atomic E-state index is 13.0. The number of nitrogens with one attached hydrogen (secondary N) is 1. The van der Waals surface area contributed by atoms with Gasteiger partial charge in [-0.15, -0.1) is 10.2 Å². The van der Waals surface area contributed by atoms with Crippen molar-refractivity contribution in [2.75, 3.05) is 51.1 Å². The second-order valence-corrected chi connectivity index (χ2v) is 9.94. The minimum atomic E-state index is -0.385. The average molecular weight is 485 g/mol. The van der Waals surface area contributed by atoms with E-state index in [0.717, 1.165) is 56.0 Å². The highest BCUT2D eigenvalue weighted by Gasteiger charge is 2.33. The Morgan fingerprint density at radius 2 is 1.59 bits per heavy atom. The van der Waals surface area contributed by atoms with Crippen LogP contribution in [0, 0.1) is 12.8 Å². The maximum Gasteiger partial charge on any atom is 0.286 e. The van der Waals surface area contributed by atoms with Crippen LogP contribution in [0.25, 0.3) is 0 Å². The fourth-order valence-electron chi connectivity index (χ4n) is 4.45. The number of nitrogens with zero attached hydrogens (tertiary/aromatic N) is 5. The predicted octanol–water partition coefficient (Wildman–Crippen LogP) is 2.51. The molecule has 2 aliphatic heterocycles. The lowest BCUT2D eigenvalue weighted by Gasteiger charge is -2.38. The Bertz CT molecular complexity index is 1010. The molecule has 10 heteroatoms. The normalized spacial score (nSPS) is 17.6. The van der Waals surface area contributed by atoms with Gasteiger partial charge >= 0.3 is 0 Å². The number of rotatable bonds is 6. The second kappa shape index (κ2) is 11.1. The Balaban J connectivity index is 1.27. The van der Waals surface area contributed by atoms with Gasteiger partial charge in [0, 0.05) is 50.9 Å². The SMILES string of the molecule is CCCN1CCN(C(=O)C2CCN(C(=O)c3nnc(C(=O)Nc4ccc(C)cc4)s3)CC2)CC1. The molecule has 0 bridgehead atoms. The Hall–Kier alpha value is -2.85. The number of hydrogen-bond acceptors (Lipinski definition) is 7. The first kappa shape index (κ1) is 24.3. The van der Waals surface area contributed by atoms with Gasteiger partial charge in [-0.1, -0.05) is 36.0 Å². The number of amides is 3. The summed E-state index contributed by atoms with van der Waals surface area (Å²) in [5.41, 5.74) is 1.76. The van der Waals surface area contributed by atoms with Gasteiger partial charge in [0.1, 0.15) is 0 Å². The molecule has 182 valence electrons. The number of aromatic nitrogens is 2. The third kappa shape index (κ3) is 5.79. The summed E-state index contributed by atoms with van der Waals surface area (Å²) in [6.45, 7) is 9.71. The number of benzene rings is 1. The minimum Gasteiger partial charge on any atom is -0.340 e. The highest BCUT2D eigenvalue weighted by Crippen LogP contribution is 2.23. The van der Waals surface area contributed by atoms with Gasteiger partial charge in [-0.05, 0) is 44.9 Å². The van der Waals surface area contributed by atoms with E-state index in [2.05, 4.69) is 27.3 Å². The number of piperidine rings is 1. The Morgan fingerprint density at radius 3 is 2.24 bits per heavy atom. The van der Waals surface area contributed by atoms with Crippen LogP contribution in [0.4, 0.5) is 5.69 Å². The largest absolute Gasteiger partial charge is 0.340 e. The highest BCUT2D eigenvalue weighted by molar-refractivity contribution is 7.15. The predicted molar refractivity (Wildman–Crippen MR) is 131 cm³/mol. The average Bonchev–Trinajstić information content (AvgIpc) is 3.36. The van der Waals surface area contributed by atoms with Crippen LogP contribution in [-0.4, -0.2) is 88.4 Å². The number of carbonyl (C=O) groups is 3. The van der Waals surface area contributed by atoms with Gasteiger partial charge in [-0.2, -0.15) is 0 Å². The molecule has 0 spiro atoms. The summed E-state index contributed by atoms with van der Waals surface area (Å²) in [5, 5.41) is 11.0. The quantitative estimate of drug-likeness (QED) is 0.677. The molecule has 34 heavy (non-hydrogen) atoms. The third-order valence-electron chi connectivity index (χ3n) is 6.47. The zero-order chi connectivity index (χ0) is 24.1. The molecule has 2 aliphatic rings. The number of piperazine rings is 1. The molecule has 3 amide bonds. The van der Waals surface area contributed by atoms with Crippen molar-refractivity contribution in [2.45, 2.75) is 33.1 Å². The van der Waals surface area contributed by atoms with Crippen LogP contribution in [0.3, 0.4) is 0 Å². The lowest BCUT2D eigenvalue weighted by molar-refractivity contribution is -0.138. The van der Waals surface area contributed by atoms with E-state index in [9.17, 15) is 14.4 Å². The van der Waals surface area contributed by atoms with Gasteiger partial charge in [0.15, 0.2) is 0 Å². The fourth-order valence-corrected chi connectivity index (χ4v) is 5.16. The van der Waals surface area contributed by atoms with E-state index in [1.807, 2.05) is 36.1 Å². The van der Waals surface area contributed by atoms with E-state index in [4.69, 9.17) is 0 Å². The molecule has 0 unspecified atom stereocenters. The molecule has 0 aliphatic carbocycles. The topological polar surface area (TPSA) is 98.7 Å². The summed E-state index contributed by atoms with van der Waals surface area (Å²) in [4.78, 5) is 44.4. The molecule has 1 N–H and O–H groups in total. The van der Waals surface area contributed by atoms with Crippen molar-refractivity contribution in [3.63, 3.8) is 0 Å². The maximum atomic E-state index is 13.0. The van der Waals surface area contributed by atoms with Gasteiger partial charge in [0.25, 0.3) is 11.8 Å². The van der Waals surface area contributed by atoms with Gasteiger partial charge in [0.05, 0.1) is 0 Å². The lowest BCUT2D eigenvalue weighted by Crippen LogP contribution is -2.52. The second-order valence-electron chi connectivity index (χ2n) is 8.97. The van der Waals surface area contributed by atoms with Crippen LogP contribution in [0.5, 0.6) is 0 Å². The van der Waals surface area contributed by atoms with E-state index < -0.39 is 0 Å². The first-order valence-corrected chi connectivity index (χ1v) is 12.8. The molecule has 4 rings (SSSR count). The number of hydrogen-bond donors (Lipinski definition) is 1. The molecule has 1 aromatic heterocycles. The molecule has 0 atom stereocenters. The zero-order valence-electron chi connectivity index (χ0n) is 19.8. The Labute approximate surface area is 204 Å². The van der Waals surface area contributed by atoms with E-state index in [1.165, 1.54) is 0 Å². The first-order valence-electron chi connectivity index (χ1n) is 12.0. The van der Waals surface area contributed by atoms with Crippen molar-refractivity contribution in [1.82, 2.24) is 24.9 Å². The van der Waals surface area contributed by atoms with Crippen molar-refractivity contribution in [1.29, 1.82) is 0 Å². The van der Waals surface area contributed by atoms with E-state index in [-0.39, 0.29) is 33.7 Å².